The van der Waals surface area contributed by atoms with E-state index in [9.17, 15) is 18.3 Å². The zero-order chi connectivity index (χ0) is 25.5. The van der Waals surface area contributed by atoms with Gasteiger partial charge in [-0.05, 0) is 56.7 Å². The number of hydrogen-bond acceptors (Lipinski definition) is 5. The summed E-state index contributed by atoms with van der Waals surface area (Å²) in [6, 6.07) is 7.50. The smallest absolute Gasteiger partial charge is 0.262 e. The molecular weight excluding hydrogens is 545 g/mol. The minimum absolute atomic E-state index is 0.157. The van der Waals surface area contributed by atoms with Crippen LogP contribution in [0.4, 0.5) is 18.9 Å². The van der Waals surface area contributed by atoms with Crippen molar-refractivity contribution >= 4 is 44.1 Å². The molecule has 4 aromatic rings. The molecule has 0 aliphatic carbocycles. The number of aliphatic hydroxyl groups is 1. The molecule has 0 amide bonds. The Morgan fingerprint density at radius 1 is 1.06 bits per heavy atom. The molecule has 0 saturated heterocycles. The number of anilines is 1. The van der Waals surface area contributed by atoms with Gasteiger partial charge in [0.1, 0.15) is 17.5 Å². The summed E-state index contributed by atoms with van der Waals surface area (Å²) in [5, 5.41) is 13.5. The molecule has 2 heterocycles. The van der Waals surface area contributed by atoms with Gasteiger partial charge in [-0.2, -0.15) is 0 Å². The highest BCUT2D eigenvalue weighted by Crippen LogP contribution is 2.39. The number of fused-ring (bicyclic) bond motifs is 1. The van der Waals surface area contributed by atoms with Crippen molar-refractivity contribution in [1.82, 2.24) is 15.0 Å². The van der Waals surface area contributed by atoms with Crippen LogP contribution in [-0.2, 0) is 5.60 Å². The van der Waals surface area contributed by atoms with Gasteiger partial charge >= 0.3 is 0 Å². The topological polar surface area (TPSA) is 70.9 Å². The molecule has 0 spiro atoms. The maximum absolute atomic E-state index is 14.5. The van der Waals surface area contributed by atoms with E-state index in [1.54, 1.807) is 51.4 Å². The van der Waals surface area contributed by atoms with Gasteiger partial charge in [0.15, 0.2) is 5.82 Å². The molecule has 0 aliphatic heterocycles. The lowest BCUT2D eigenvalue weighted by Crippen LogP contribution is -2.21. The molecule has 0 unspecified atom stereocenters. The molecule has 1 atom stereocenters. The molecule has 35 heavy (non-hydrogen) atoms. The summed E-state index contributed by atoms with van der Waals surface area (Å²) in [7, 11) is 0. The van der Waals surface area contributed by atoms with Crippen molar-refractivity contribution in [1.29, 1.82) is 0 Å². The highest BCUT2D eigenvalue weighted by Gasteiger charge is 2.28. The Morgan fingerprint density at radius 2 is 1.74 bits per heavy atom. The fraction of sp³-hybridized carbons (Fsp3) is 0.240. The standard InChI is InChI=1S/C25H21BrClF3N4O/c1-12-20(27)21(34-22(23(29)30)16-9-15(26)5-6-18(16)28)17-8-13(4-7-19(17)33-12)14-10-31-24(32-11-14)25(2,3)35/h4-11,22-23,35H,1-3H3,(H,33,34)/t22-/m1/s1. The van der Waals surface area contributed by atoms with Gasteiger partial charge < -0.3 is 10.4 Å². The number of hydrogen-bond donors (Lipinski definition) is 2. The molecule has 2 N–H and O–H groups in total. The average molecular weight is 566 g/mol. The van der Waals surface area contributed by atoms with Crippen LogP contribution in [0.1, 0.15) is 37.0 Å². The van der Waals surface area contributed by atoms with Gasteiger partial charge in [-0.1, -0.05) is 33.6 Å². The van der Waals surface area contributed by atoms with Gasteiger partial charge in [-0.25, -0.2) is 23.1 Å². The third kappa shape index (κ3) is 5.27. The maximum atomic E-state index is 14.5. The highest BCUT2D eigenvalue weighted by molar-refractivity contribution is 9.10. The van der Waals surface area contributed by atoms with E-state index in [4.69, 9.17) is 11.6 Å². The average Bonchev–Trinajstić information content (AvgIpc) is 2.80. The molecule has 182 valence electrons. The first kappa shape index (κ1) is 25.3. The fourth-order valence-corrected chi connectivity index (χ4v) is 4.24. The van der Waals surface area contributed by atoms with Crippen LogP contribution >= 0.6 is 27.5 Å². The molecule has 0 saturated carbocycles. The van der Waals surface area contributed by atoms with Crippen LogP contribution in [-0.4, -0.2) is 26.5 Å². The molecule has 4 rings (SSSR count). The molecule has 10 heteroatoms. The number of rotatable bonds is 6. The third-order valence-corrected chi connectivity index (χ3v) is 6.42. The molecule has 0 fully saturated rings. The zero-order valence-electron chi connectivity index (χ0n) is 19.0. The number of pyridine rings is 1. The summed E-state index contributed by atoms with van der Waals surface area (Å²) in [5.41, 5.74) is 1.12. The van der Waals surface area contributed by atoms with E-state index < -0.39 is 23.9 Å². The third-order valence-electron chi connectivity index (χ3n) is 5.47. The molecule has 0 radical (unpaired) electrons. The largest absolute Gasteiger partial charge is 0.382 e. The predicted molar refractivity (Wildman–Crippen MR) is 134 cm³/mol. The van der Waals surface area contributed by atoms with Crippen LogP contribution in [0.2, 0.25) is 5.02 Å². The van der Waals surface area contributed by atoms with E-state index in [1.165, 1.54) is 12.1 Å². The second-order valence-electron chi connectivity index (χ2n) is 8.59. The SMILES string of the molecule is Cc1nc2ccc(-c3cnc(C(C)(C)O)nc3)cc2c(N[C@H](c2cc(Br)ccc2F)C(F)F)c1Cl. The molecular formula is C25H21BrClF3N4O. The Bertz CT molecular complexity index is 1390. The first-order valence-corrected chi connectivity index (χ1v) is 11.8. The van der Waals surface area contributed by atoms with Gasteiger partial charge in [0.05, 0.1) is 21.9 Å². The first-order chi connectivity index (χ1) is 16.5. The Labute approximate surface area is 213 Å². The summed E-state index contributed by atoms with van der Waals surface area (Å²) in [6.45, 7) is 4.83. The zero-order valence-corrected chi connectivity index (χ0v) is 21.3. The van der Waals surface area contributed by atoms with Gasteiger partial charge in [-0.3, -0.25) is 4.98 Å². The number of benzene rings is 2. The van der Waals surface area contributed by atoms with Crippen LogP contribution in [0.3, 0.4) is 0 Å². The van der Waals surface area contributed by atoms with Gasteiger partial charge in [0, 0.05) is 33.4 Å². The first-order valence-electron chi connectivity index (χ1n) is 10.6. The quantitative estimate of drug-likeness (QED) is 0.259. The summed E-state index contributed by atoms with van der Waals surface area (Å²) in [5.74, 6) is -0.498. The van der Waals surface area contributed by atoms with Crippen molar-refractivity contribution in [3.05, 3.63) is 81.2 Å². The Kier molecular flexibility index (Phi) is 7.04. The van der Waals surface area contributed by atoms with Crippen LogP contribution < -0.4 is 5.32 Å². The van der Waals surface area contributed by atoms with Crippen molar-refractivity contribution in [2.24, 2.45) is 0 Å². The van der Waals surface area contributed by atoms with Crippen molar-refractivity contribution in [2.45, 2.75) is 38.8 Å². The van der Waals surface area contributed by atoms with E-state index in [0.717, 1.165) is 6.07 Å². The number of aryl methyl sites for hydroxylation is 1. The minimum Gasteiger partial charge on any atom is -0.382 e. The monoisotopic (exact) mass is 564 g/mol. The van der Waals surface area contributed by atoms with Gasteiger partial charge in [-0.15, -0.1) is 0 Å². The maximum Gasteiger partial charge on any atom is 0.262 e. The van der Waals surface area contributed by atoms with E-state index >= 15 is 0 Å². The summed E-state index contributed by atoms with van der Waals surface area (Å²) >= 11 is 9.74. The molecule has 0 aliphatic rings. The van der Waals surface area contributed by atoms with E-state index in [-0.39, 0.29) is 22.1 Å². The van der Waals surface area contributed by atoms with Crippen molar-refractivity contribution in [2.75, 3.05) is 5.32 Å². The predicted octanol–water partition coefficient (Wildman–Crippen LogP) is 7.20. The van der Waals surface area contributed by atoms with Crippen LogP contribution in [0.25, 0.3) is 22.0 Å². The Morgan fingerprint density at radius 3 is 2.37 bits per heavy atom. The summed E-state index contributed by atoms with van der Waals surface area (Å²) in [6.07, 6.45) is 0.206. The van der Waals surface area contributed by atoms with Crippen LogP contribution in [0.15, 0.2) is 53.3 Å². The van der Waals surface area contributed by atoms with Gasteiger partial charge in [0.2, 0.25) is 0 Å². The Balaban J connectivity index is 1.83. The number of nitrogens with one attached hydrogen (secondary N) is 1. The lowest BCUT2D eigenvalue weighted by atomic mass is 10.0. The van der Waals surface area contributed by atoms with Crippen molar-refractivity contribution in [3.63, 3.8) is 0 Å². The number of halogens is 5. The molecule has 2 aromatic carbocycles. The Hall–Kier alpha value is -2.75. The van der Waals surface area contributed by atoms with E-state index in [1.807, 2.05) is 0 Å². The second kappa shape index (κ2) is 9.72. The van der Waals surface area contributed by atoms with E-state index in [2.05, 4.69) is 36.2 Å². The molecule has 0 bridgehead atoms. The van der Waals surface area contributed by atoms with Crippen LogP contribution in [0.5, 0.6) is 0 Å². The van der Waals surface area contributed by atoms with E-state index in [0.29, 0.717) is 32.2 Å². The second-order valence-corrected chi connectivity index (χ2v) is 9.89. The number of aromatic nitrogens is 3. The minimum atomic E-state index is -2.93. The number of nitrogens with zero attached hydrogens (tertiary/aromatic N) is 3. The normalized spacial score (nSPS) is 12.9. The van der Waals surface area contributed by atoms with Gasteiger partial charge in [0.25, 0.3) is 6.43 Å². The lowest BCUT2D eigenvalue weighted by molar-refractivity contribution is 0.0687. The molecule has 2 aromatic heterocycles. The lowest BCUT2D eigenvalue weighted by Gasteiger charge is -2.23. The highest BCUT2D eigenvalue weighted by atomic mass is 79.9. The van der Waals surface area contributed by atoms with Crippen molar-refractivity contribution in [3.8, 4) is 11.1 Å². The summed E-state index contributed by atoms with van der Waals surface area (Å²) in [4.78, 5) is 12.9. The van der Waals surface area contributed by atoms with Crippen LogP contribution in [0, 0.1) is 12.7 Å². The summed E-state index contributed by atoms with van der Waals surface area (Å²) < 4.78 is 43.3. The fourth-order valence-electron chi connectivity index (χ4n) is 3.66. The van der Waals surface area contributed by atoms with Crippen molar-refractivity contribution < 1.29 is 18.3 Å². The molecule has 5 nitrogen and oxygen atoms in total. The number of alkyl halides is 2.